The number of halogens is 1. The predicted molar refractivity (Wildman–Crippen MR) is 116 cm³/mol. The van der Waals surface area contributed by atoms with Crippen LogP contribution in [-0.2, 0) is 14.8 Å². The molecule has 2 atom stereocenters. The molecule has 0 radical (unpaired) electrons. The first-order valence-electron chi connectivity index (χ1n) is 10.4. The molecule has 2 aromatic carbocycles. The highest BCUT2D eigenvalue weighted by molar-refractivity contribution is 7.89. The van der Waals surface area contributed by atoms with E-state index in [4.69, 9.17) is 0 Å². The van der Waals surface area contributed by atoms with Crippen molar-refractivity contribution < 1.29 is 17.6 Å². The number of hydrogen-bond acceptors (Lipinski definition) is 5. The Hall–Kier alpha value is -3.11. The van der Waals surface area contributed by atoms with E-state index in [-0.39, 0.29) is 23.4 Å². The van der Waals surface area contributed by atoms with Gasteiger partial charge in [0.25, 0.3) is 0 Å². The van der Waals surface area contributed by atoms with Gasteiger partial charge in [-0.3, -0.25) is 4.79 Å². The molecule has 0 saturated carbocycles. The Morgan fingerprint density at radius 1 is 1.16 bits per heavy atom. The lowest BCUT2D eigenvalue weighted by atomic mass is 9.98. The fourth-order valence-corrected chi connectivity index (χ4v) is 5.33. The van der Waals surface area contributed by atoms with Gasteiger partial charge in [0, 0.05) is 13.1 Å². The summed E-state index contributed by atoms with van der Waals surface area (Å²) in [6.45, 7) is 2.32. The maximum atomic E-state index is 13.2. The summed E-state index contributed by atoms with van der Waals surface area (Å²) in [5.74, 6) is -1.13. The predicted octanol–water partition coefficient (Wildman–Crippen LogP) is 2.68. The van der Waals surface area contributed by atoms with Gasteiger partial charge in [-0.25, -0.2) is 22.5 Å². The van der Waals surface area contributed by atoms with Crippen molar-refractivity contribution in [2.45, 2.75) is 30.7 Å². The normalized spacial score (nSPS) is 18.2. The molecule has 1 aliphatic rings. The highest BCUT2D eigenvalue weighted by Gasteiger charge is 2.33. The largest absolute Gasteiger partial charge is 0.349 e. The molecule has 1 N–H and O–H groups in total. The molecule has 1 saturated heterocycles. The van der Waals surface area contributed by atoms with Crippen LogP contribution in [0.15, 0.2) is 66.1 Å². The molecule has 1 aromatic heterocycles. The van der Waals surface area contributed by atoms with Crippen molar-refractivity contribution in [3.8, 4) is 5.69 Å². The van der Waals surface area contributed by atoms with Crippen LogP contribution in [0.5, 0.6) is 0 Å². The van der Waals surface area contributed by atoms with Crippen LogP contribution in [0, 0.1) is 11.7 Å². The SMILES string of the molecule is C[C@H](NC(=O)[C@@H]1CCCN(S(=O)(=O)c2ccc(F)cc2)C1)c1ccc(-n2cncn2)cc1. The number of benzene rings is 2. The van der Waals surface area contributed by atoms with Gasteiger partial charge < -0.3 is 5.32 Å². The third kappa shape index (κ3) is 4.71. The van der Waals surface area contributed by atoms with E-state index in [0.717, 1.165) is 23.4 Å². The second-order valence-electron chi connectivity index (χ2n) is 7.82. The number of amides is 1. The van der Waals surface area contributed by atoms with Crippen molar-refractivity contribution in [2.75, 3.05) is 13.1 Å². The third-order valence-electron chi connectivity index (χ3n) is 5.64. The van der Waals surface area contributed by atoms with Crippen molar-refractivity contribution in [1.29, 1.82) is 0 Å². The molecule has 3 aromatic rings. The van der Waals surface area contributed by atoms with Gasteiger partial charge >= 0.3 is 0 Å². The van der Waals surface area contributed by atoms with Crippen molar-refractivity contribution in [1.82, 2.24) is 24.4 Å². The summed E-state index contributed by atoms with van der Waals surface area (Å²) in [5.41, 5.74) is 1.78. The first-order valence-corrected chi connectivity index (χ1v) is 11.8. The highest BCUT2D eigenvalue weighted by Crippen LogP contribution is 2.25. The standard InChI is InChI=1S/C22H24FN5O3S/c1-16(17-4-8-20(9-5-17)28-15-24-14-25-28)26-22(29)18-3-2-12-27(13-18)32(30,31)21-10-6-19(23)7-11-21/h4-11,14-16,18H,2-3,12-13H2,1H3,(H,26,29)/t16-,18+/m0/s1. The summed E-state index contributed by atoms with van der Waals surface area (Å²) in [6, 6.07) is 12.1. The van der Waals surface area contributed by atoms with E-state index in [2.05, 4.69) is 15.4 Å². The third-order valence-corrected chi connectivity index (χ3v) is 7.52. The lowest BCUT2D eigenvalue weighted by Gasteiger charge is -2.32. The fraction of sp³-hybridized carbons (Fsp3) is 0.318. The number of aromatic nitrogens is 3. The smallest absolute Gasteiger partial charge is 0.243 e. The number of rotatable bonds is 6. The van der Waals surface area contributed by atoms with Gasteiger partial charge in [0.05, 0.1) is 22.5 Å². The molecular formula is C22H24FN5O3S. The van der Waals surface area contributed by atoms with Gasteiger partial charge in [-0.05, 0) is 61.7 Å². The van der Waals surface area contributed by atoms with E-state index in [1.165, 1.54) is 22.8 Å². The molecule has 4 rings (SSSR count). The highest BCUT2D eigenvalue weighted by atomic mass is 32.2. The van der Waals surface area contributed by atoms with Crippen LogP contribution in [0.2, 0.25) is 0 Å². The molecule has 1 aliphatic heterocycles. The molecule has 2 heterocycles. The Bertz CT molecular complexity index is 1170. The Morgan fingerprint density at radius 3 is 2.53 bits per heavy atom. The Kier molecular flexibility index (Phi) is 6.33. The second kappa shape index (κ2) is 9.17. The molecule has 1 amide bonds. The van der Waals surface area contributed by atoms with Gasteiger partial charge in [0.15, 0.2) is 0 Å². The van der Waals surface area contributed by atoms with Crippen molar-refractivity contribution in [3.63, 3.8) is 0 Å². The van der Waals surface area contributed by atoms with E-state index in [9.17, 15) is 17.6 Å². The Balaban J connectivity index is 1.40. The van der Waals surface area contributed by atoms with Crippen LogP contribution in [0.4, 0.5) is 4.39 Å². The van der Waals surface area contributed by atoms with Crippen LogP contribution < -0.4 is 5.32 Å². The molecule has 0 aliphatic carbocycles. The topological polar surface area (TPSA) is 97.2 Å². The van der Waals surface area contributed by atoms with Crippen LogP contribution in [0.25, 0.3) is 5.69 Å². The van der Waals surface area contributed by atoms with E-state index in [1.807, 2.05) is 31.2 Å². The van der Waals surface area contributed by atoms with Gasteiger partial charge in [-0.1, -0.05) is 12.1 Å². The number of nitrogens with zero attached hydrogens (tertiary/aromatic N) is 4. The van der Waals surface area contributed by atoms with E-state index >= 15 is 0 Å². The molecule has 0 spiro atoms. The zero-order chi connectivity index (χ0) is 22.7. The van der Waals surface area contributed by atoms with Crippen molar-refractivity contribution in [3.05, 3.63) is 72.6 Å². The molecular weight excluding hydrogens is 433 g/mol. The molecule has 10 heteroatoms. The zero-order valence-corrected chi connectivity index (χ0v) is 18.4. The average Bonchev–Trinajstić information content (AvgIpc) is 3.34. The summed E-state index contributed by atoms with van der Waals surface area (Å²) in [7, 11) is -3.78. The Labute approximate surface area is 186 Å². The van der Waals surface area contributed by atoms with Crippen LogP contribution in [0.3, 0.4) is 0 Å². The number of hydrogen-bond donors (Lipinski definition) is 1. The number of sulfonamides is 1. The minimum atomic E-state index is -3.78. The maximum absolute atomic E-state index is 13.2. The van der Waals surface area contributed by atoms with Crippen LogP contribution in [-0.4, -0.2) is 46.5 Å². The summed E-state index contributed by atoms with van der Waals surface area (Å²) >= 11 is 0. The first kappa shape index (κ1) is 22.1. The van der Waals surface area contributed by atoms with E-state index in [1.54, 1.807) is 11.0 Å². The molecule has 8 nitrogen and oxygen atoms in total. The first-order chi connectivity index (χ1) is 15.3. The fourth-order valence-electron chi connectivity index (χ4n) is 3.80. The molecule has 0 unspecified atom stereocenters. The lowest BCUT2D eigenvalue weighted by molar-refractivity contribution is -0.126. The number of piperidine rings is 1. The van der Waals surface area contributed by atoms with Crippen molar-refractivity contribution in [2.24, 2.45) is 5.92 Å². The minimum Gasteiger partial charge on any atom is -0.349 e. The molecule has 0 bridgehead atoms. The van der Waals surface area contributed by atoms with Crippen LogP contribution in [0.1, 0.15) is 31.4 Å². The lowest BCUT2D eigenvalue weighted by Crippen LogP contribution is -2.45. The average molecular weight is 458 g/mol. The quantitative estimate of drug-likeness (QED) is 0.614. The number of carbonyl (C=O) groups is 1. The Morgan fingerprint density at radius 2 is 1.88 bits per heavy atom. The van der Waals surface area contributed by atoms with E-state index < -0.39 is 21.8 Å². The second-order valence-corrected chi connectivity index (χ2v) is 9.76. The minimum absolute atomic E-state index is 0.0285. The number of nitrogens with one attached hydrogen (secondary N) is 1. The summed E-state index contributed by atoms with van der Waals surface area (Å²) in [5, 5.41) is 7.08. The van der Waals surface area contributed by atoms with Gasteiger partial charge in [-0.2, -0.15) is 9.40 Å². The van der Waals surface area contributed by atoms with Gasteiger partial charge in [-0.15, -0.1) is 0 Å². The van der Waals surface area contributed by atoms with Crippen molar-refractivity contribution >= 4 is 15.9 Å². The molecule has 32 heavy (non-hydrogen) atoms. The maximum Gasteiger partial charge on any atom is 0.243 e. The zero-order valence-electron chi connectivity index (χ0n) is 17.6. The van der Waals surface area contributed by atoms with Gasteiger partial charge in [0.2, 0.25) is 15.9 Å². The molecule has 168 valence electrons. The number of carbonyl (C=O) groups excluding carboxylic acids is 1. The summed E-state index contributed by atoms with van der Waals surface area (Å²) < 4.78 is 41.9. The van der Waals surface area contributed by atoms with E-state index in [0.29, 0.717) is 19.4 Å². The van der Waals surface area contributed by atoms with Crippen LogP contribution >= 0.6 is 0 Å². The summed E-state index contributed by atoms with van der Waals surface area (Å²) in [4.78, 5) is 16.8. The monoisotopic (exact) mass is 457 g/mol. The van der Waals surface area contributed by atoms with Gasteiger partial charge in [0.1, 0.15) is 18.5 Å². The molecule has 1 fully saturated rings. The summed E-state index contributed by atoms with van der Waals surface area (Å²) in [6.07, 6.45) is 4.26.